The summed E-state index contributed by atoms with van der Waals surface area (Å²) >= 11 is 0. The number of carboxylic acids is 1. The SMILES string of the molecule is CC[C@H](C)[C@H](NC(=O)C(=O)c1cccn1C)C(=O)O. The molecule has 1 aromatic rings. The second kappa shape index (κ2) is 6.17. The Morgan fingerprint density at radius 1 is 1.42 bits per heavy atom. The molecule has 6 nitrogen and oxygen atoms in total. The van der Waals surface area contributed by atoms with E-state index in [-0.39, 0.29) is 11.6 Å². The molecule has 0 radical (unpaired) electrons. The van der Waals surface area contributed by atoms with E-state index in [1.165, 1.54) is 10.6 Å². The minimum Gasteiger partial charge on any atom is -0.480 e. The Kier molecular flexibility index (Phi) is 4.86. The van der Waals surface area contributed by atoms with Crippen LogP contribution < -0.4 is 5.32 Å². The van der Waals surface area contributed by atoms with Gasteiger partial charge < -0.3 is 15.0 Å². The van der Waals surface area contributed by atoms with Crippen LogP contribution in [-0.4, -0.2) is 33.4 Å². The van der Waals surface area contributed by atoms with Crippen LogP contribution in [0.3, 0.4) is 0 Å². The number of amides is 1. The number of hydrogen-bond donors (Lipinski definition) is 2. The summed E-state index contributed by atoms with van der Waals surface area (Å²) < 4.78 is 1.51. The molecule has 0 saturated heterocycles. The summed E-state index contributed by atoms with van der Waals surface area (Å²) in [5.41, 5.74) is 0.228. The molecule has 0 bridgehead atoms. The lowest BCUT2D eigenvalue weighted by molar-refractivity contribution is -0.142. The summed E-state index contributed by atoms with van der Waals surface area (Å²) in [7, 11) is 1.64. The number of carboxylic acid groups (broad SMARTS) is 1. The van der Waals surface area contributed by atoms with Gasteiger partial charge in [0.05, 0.1) is 5.69 Å². The van der Waals surface area contributed by atoms with Gasteiger partial charge in [-0.25, -0.2) is 4.79 Å². The molecule has 1 amide bonds. The first-order valence-electron chi connectivity index (χ1n) is 6.07. The van der Waals surface area contributed by atoms with Crippen LogP contribution in [0, 0.1) is 5.92 Å². The number of nitrogens with zero attached hydrogens (tertiary/aromatic N) is 1. The smallest absolute Gasteiger partial charge is 0.326 e. The average molecular weight is 266 g/mol. The second-order valence-electron chi connectivity index (χ2n) is 4.51. The molecule has 1 heterocycles. The topological polar surface area (TPSA) is 88.4 Å². The number of aryl methyl sites for hydroxylation is 1. The lowest BCUT2D eigenvalue weighted by Crippen LogP contribution is -2.47. The highest BCUT2D eigenvalue weighted by Crippen LogP contribution is 2.09. The highest BCUT2D eigenvalue weighted by molar-refractivity contribution is 6.42. The Labute approximate surface area is 111 Å². The van der Waals surface area contributed by atoms with Crippen LogP contribution in [0.4, 0.5) is 0 Å². The van der Waals surface area contributed by atoms with Crippen LogP contribution in [0.1, 0.15) is 30.8 Å². The van der Waals surface area contributed by atoms with Crippen molar-refractivity contribution in [1.82, 2.24) is 9.88 Å². The average Bonchev–Trinajstić information content (AvgIpc) is 2.79. The monoisotopic (exact) mass is 266 g/mol. The Morgan fingerprint density at radius 3 is 2.47 bits per heavy atom. The van der Waals surface area contributed by atoms with Crippen LogP contribution >= 0.6 is 0 Å². The molecule has 0 aliphatic heterocycles. The van der Waals surface area contributed by atoms with Crippen LogP contribution in [0.5, 0.6) is 0 Å². The maximum Gasteiger partial charge on any atom is 0.326 e. The molecule has 0 aliphatic carbocycles. The van der Waals surface area contributed by atoms with E-state index in [4.69, 9.17) is 5.11 Å². The Morgan fingerprint density at radius 2 is 2.05 bits per heavy atom. The molecule has 104 valence electrons. The van der Waals surface area contributed by atoms with Crippen molar-refractivity contribution in [2.24, 2.45) is 13.0 Å². The fourth-order valence-corrected chi connectivity index (χ4v) is 1.70. The van der Waals surface area contributed by atoms with E-state index in [0.717, 1.165) is 0 Å². The predicted molar refractivity (Wildman–Crippen MR) is 68.8 cm³/mol. The van der Waals surface area contributed by atoms with Crippen LogP contribution in [0.15, 0.2) is 18.3 Å². The minimum absolute atomic E-state index is 0.228. The molecule has 0 aliphatic rings. The molecule has 0 aromatic carbocycles. The molecule has 2 N–H and O–H groups in total. The van der Waals surface area contributed by atoms with Crippen LogP contribution in [-0.2, 0) is 16.6 Å². The van der Waals surface area contributed by atoms with Gasteiger partial charge >= 0.3 is 5.97 Å². The lowest BCUT2D eigenvalue weighted by atomic mass is 9.99. The van der Waals surface area contributed by atoms with Crippen molar-refractivity contribution in [3.8, 4) is 0 Å². The van der Waals surface area contributed by atoms with Crippen LogP contribution in [0.2, 0.25) is 0 Å². The molecule has 0 fully saturated rings. The fourth-order valence-electron chi connectivity index (χ4n) is 1.70. The number of carbonyl (C=O) groups is 3. The Balaban J connectivity index is 2.81. The molecule has 6 heteroatoms. The number of rotatable bonds is 6. The van der Waals surface area contributed by atoms with Gasteiger partial charge in [0.15, 0.2) is 0 Å². The van der Waals surface area contributed by atoms with E-state index in [1.807, 2.05) is 6.92 Å². The summed E-state index contributed by atoms with van der Waals surface area (Å²) in [6, 6.07) is 2.10. The Bertz CT molecular complexity index is 493. The zero-order chi connectivity index (χ0) is 14.6. The summed E-state index contributed by atoms with van der Waals surface area (Å²) in [6.07, 6.45) is 2.24. The van der Waals surface area contributed by atoms with Crippen molar-refractivity contribution in [1.29, 1.82) is 0 Å². The van der Waals surface area contributed by atoms with Gasteiger partial charge in [0.2, 0.25) is 0 Å². The summed E-state index contributed by atoms with van der Waals surface area (Å²) in [6.45, 7) is 3.54. The van der Waals surface area contributed by atoms with Gasteiger partial charge in [-0.2, -0.15) is 0 Å². The molecule has 0 unspecified atom stereocenters. The molecule has 1 aromatic heterocycles. The number of hydrogen-bond acceptors (Lipinski definition) is 3. The molecule has 0 saturated carbocycles. The fraction of sp³-hybridized carbons (Fsp3) is 0.462. The van der Waals surface area contributed by atoms with Gasteiger partial charge in [-0.05, 0) is 18.1 Å². The third-order valence-electron chi connectivity index (χ3n) is 3.15. The number of aliphatic carboxylic acids is 1. The van der Waals surface area contributed by atoms with Gasteiger partial charge in [0, 0.05) is 13.2 Å². The van der Waals surface area contributed by atoms with Crippen molar-refractivity contribution >= 4 is 17.7 Å². The zero-order valence-corrected chi connectivity index (χ0v) is 11.2. The van der Waals surface area contributed by atoms with Crippen molar-refractivity contribution in [2.75, 3.05) is 0 Å². The summed E-state index contributed by atoms with van der Waals surface area (Å²) in [5.74, 6) is -3.01. The highest BCUT2D eigenvalue weighted by atomic mass is 16.4. The van der Waals surface area contributed by atoms with Gasteiger partial charge in [0.25, 0.3) is 11.7 Å². The van der Waals surface area contributed by atoms with E-state index in [9.17, 15) is 14.4 Å². The number of Topliss-reactive ketones (excluding diaryl/α,β-unsaturated/α-hetero) is 1. The third kappa shape index (κ3) is 3.43. The van der Waals surface area contributed by atoms with E-state index in [1.54, 1.807) is 26.2 Å². The number of nitrogens with one attached hydrogen (secondary N) is 1. The van der Waals surface area contributed by atoms with Gasteiger partial charge in [-0.15, -0.1) is 0 Å². The van der Waals surface area contributed by atoms with Crippen molar-refractivity contribution in [3.63, 3.8) is 0 Å². The van der Waals surface area contributed by atoms with E-state index >= 15 is 0 Å². The van der Waals surface area contributed by atoms with Gasteiger partial charge in [-0.1, -0.05) is 20.3 Å². The number of aromatic nitrogens is 1. The normalized spacial score (nSPS) is 13.6. The molecular weight excluding hydrogens is 248 g/mol. The molecule has 2 atom stereocenters. The Hall–Kier alpha value is -2.11. The first-order valence-corrected chi connectivity index (χ1v) is 6.07. The van der Waals surface area contributed by atoms with Crippen molar-refractivity contribution in [3.05, 3.63) is 24.0 Å². The number of ketones is 1. The van der Waals surface area contributed by atoms with E-state index in [2.05, 4.69) is 5.32 Å². The standard InChI is InChI=1S/C13H18N2O4/c1-4-8(2)10(13(18)19)14-12(17)11(16)9-6-5-7-15(9)3/h5-8,10H,4H2,1-3H3,(H,14,17)(H,18,19)/t8-,10-/m0/s1. The third-order valence-corrected chi connectivity index (χ3v) is 3.15. The van der Waals surface area contributed by atoms with Gasteiger partial charge in [-0.3, -0.25) is 9.59 Å². The summed E-state index contributed by atoms with van der Waals surface area (Å²) in [5, 5.41) is 11.3. The first-order chi connectivity index (χ1) is 8.88. The molecule has 1 rings (SSSR count). The molecule has 0 spiro atoms. The molecular formula is C13H18N2O4. The van der Waals surface area contributed by atoms with E-state index in [0.29, 0.717) is 6.42 Å². The number of carbonyl (C=O) groups excluding carboxylic acids is 2. The molecule has 19 heavy (non-hydrogen) atoms. The lowest BCUT2D eigenvalue weighted by Gasteiger charge is -2.19. The second-order valence-corrected chi connectivity index (χ2v) is 4.51. The quantitative estimate of drug-likeness (QED) is 0.589. The summed E-state index contributed by atoms with van der Waals surface area (Å²) in [4.78, 5) is 34.7. The maximum absolute atomic E-state index is 11.9. The largest absolute Gasteiger partial charge is 0.480 e. The van der Waals surface area contributed by atoms with Crippen LogP contribution in [0.25, 0.3) is 0 Å². The van der Waals surface area contributed by atoms with Crippen molar-refractivity contribution < 1.29 is 19.5 Å². The van der Waals surface area contributed by atoms with E-state index < -0.39 is 23.7 Å². The minimum atomic E-state index is -1.14. The zero-order valence-electron chi connectivity index (χ0n) is 11.2. The van der Waals surface area contributed by atoms with Gasteiger partial charge in [0.1, 0.15) is 6.04 Å². The first kappa shape index (κ1) is 14.9. The highest BCUT2D eigenvalue weighted by Gasteiger charge is 2.28. The van der Waals surface area contributed by atoms with Crippen molar-refractivity contribution in [2.45, 2.75) is 26.3 Å². The predicted octanol–water partition coefficient (Wildman–Crippen LogP) is 0.823. The maximum atomic E-state index is 11.9.